The summed E-state index contributed by atoms with van der Waals surface area (Å²) in [6, 6.07) is 13.8. The molecule has 0 aliphatic carbocycles. The fourth-order valence-corrected chi connectivity index (χ4v) is 5.01. The van der Waals surface area contributed by atoms with Crippen molar-refractivity contribution in [1.82, 2.24) is 14.8 Å². The third-order valence-electron chi connectivity index (χ3n) is 4.52. The number of sulfone groups is 1. The highest BCUT2D eigenvalue weighted by molar-refractivity contribution is 7.99. The number of rotatable bonds is 9. The summed E-state index contributed by atoms with van der Waals surface area (Å²) >= 11 is 1.20. The van der Waals surface area contributed by atoms with Crippen LogP contribution < -0.4 is 10.1 Å². The van der Waals surface area contributed by atoms with Crippen LogP contribution in [-0.2, 0) is 26.9 Å². The second-order valence-corrected chi connectivity index (χ2v) is 9.68. The molecule has 1 amide bonds. The molecule has 0 aliphatic heterocycles. The Morgan fingerprint density at radius 1 is 1.13 bits per heavy atom. The Labute approximate surface area is 186 Å². The maximum absolute atomic E-state index is 12.8. The first-order valence-corrected chi connectivity index (χ1v) is 12.2. The molecule has 0 atom stereocenters. The van der Waals surface area contributed by atoms with Crippen molar-refractivity contribution in [3.8, 4) is 5.75 Å². The Kier molecular flexibility index (Phi) is 7.34. The molecule has 0 fully saturated rings. The van der Waals surface area contributed by atoms with Gasteiger partial charge in [-0.05, 0) is 38.1 Å². The van der Waals surface area contributed by atoms with Gasteiger partial charge in [-0.25, -0.2) is 8.42 Å². The molecular weight excluding hydrogens is 436 g/mol. The Balaban J connectivity index is 1.68. The fourth-order valence-electron chi connectivity index (χ4n) is 2.91. The lowest BCUT2D eigenvalue weighted by Gasteiger charge is -2.10. The molecule has 3 rings (SSSR count). The van der Waals surface area contributed by atoms with E-state index in [4.69, 9.17) is 4.74 Å². The van der Waals surface area contributed by atoms with Crippen molar-refractivity contribution in [2.24, 2.45) is 0 Å². The molecule has 2 aromatic carbocycles. The van der Waals surface area contributed by atoms with E-state index >= 15 is 0 Å². The first kappa shape index (κ1) is 22.8. The van der Waals surface area contributed by atoms with Crippen LogP contribution in [0.15, 0.2) is 58.6 Å². The lowest BCUT2D eigenvalue weighted by molar-refractivity contribution is -0.113. The highest BCUT2D eigenvalue weighted by atomic mass is 32.2. The molecule has 0 saturated carbocycles. The van der Waals surface area contributed by atoms with Gasteiger partial charge in [-0.15, -0.1) is 10.2 Å². The Hall–Kier alpha value is -2.85. The van der Waals surface area contributed by atoms with Gasteiger partial charge in [-0.1, -0.05) is 41.6 Å². The molecule has 0 spiro atoms. The number of methoxy groups -OCH3 is 1. The number of nitrogens with one attached hydrogen (secondary N) is 1. The van der Waals surface area contributed by atoms with Crippen molar-refractivity contribution in [2.45, 2.75) is 36.2 Å². The molecular formula is C21H24N4O4S2. The Morgan fingerprint density at radius 2 is 1.84 bits per heavy atom. The van der Waals surface area contributed by atoms with Crippen molar-refractivity contribution in [2.75, 3.05) is 18.2 Å². The predicted octanol–water partition coefficient (Wildman–Crippen LogP) is 3.32. The number of anilines is 1. The number of nitrogens with zero attached hydrogens (tertiary/aromatic N) is 3. The lowest BCUT2D eigenvalue weighted by Crippen LogP contribution is -2.15. The second-order valence-electron chi connectivity index (χ2n) is 6.75. The zero-order valence-corrected chi connectivity index (χ0v) is 19.2. The molecule has 1 N–H and O–H groups in total. The summed E-state index contributed by atoms with van der Waals surface area (Å²) in [6.45, 7) is 4.27. The number of ether oxygens (including phenoxy) is 1. The van der Waals surface area contributed by atoms with E-state index < -0.39 is 9.84 Å². The lowest BCUT2D eigenvalue weighted by atomic mass is 10.2. The van der Waals surface area contributed by atoms with Gasteiger partial charge in [0.1, 0.15) is 17.3 Å². The van der Waals surface area contributed by atoms with E-state index in [1.165, 1.54) is 18.9 Å². The maximum Gasteiger partial charge on any atom is 0.234 e. The van der Waals surface area contributed by atoms with Crippen LogP contribution in [0.5, 0.6) is 5.75 Å². The average Bonchev–Trinajstić information content (AvgIpc) is 3.13. The van der Waals surface area contributed by atoms with Gasteiger partial charge < -0.3 is 14.6 Å². The molecule has 0 saturated heterocycles. The van der Waals surface area contributed by atoms with Crippen molar-refractivity contribution >= 4 is 33.2 Å². The van der Waals surface area contributed by atoms with Crippen molar-refractivity contribution in [3.05, 3.63) is 59.9 Å². The van der Waals surface area contributed by atoms with Crippen LogP contribution in [0.2, 0.25) is 0 Å². The summed E-state index contributed by atoms with van der Waals surface area (Å²) in [5.41, 5.74) is 1.57. The molecule has 3 aromatic rings. The van der Waals surface area contributed by atoms with Crippen LogP contribution in [0.4, 0.5) is 5.69 Å². The SMILES string of the molecule is CCn1c(CS(=O)(=O)c2ccc(C)cc2)nnc1SCC(=O)Nc1ccccc1OC. The highest BCUT2D eigenvalue weighted by Crippen LogP contribution is 2.25. The van der Waals surface area contributed by atoms with Crippen molar-refractivity contribution < 1.29 is 17.9 Å². The predicted molar refractivity (Wildman–Crippen MR) is 120 cm³/mol. The third-order valence-corrected chi connectivity index (χ3v) is 7.12. The van der Waals surface area contributed by atoms with Gasteiger partial charge >= 0.3 is 0 Å². The fraction of sp³-hybridized carbons (Fsp3) is 0.286. The van der Waals surface area contributed by atoms with E-state index in [2.05, 4.69) is 15.5 Å². The molecule has 0 aliphatic rings. The molecule has 0 bridgehead atoms. The van der Waals surface area contributed by atoms with Crippen LogP contribution in [0, 0.1) is 6.92 Å². The number of para-hydroxylation sites is 2. The van der Waals surface area contributed by atoms with Gasteiger partial charge in [0, 0.05) is 6.54 Å². The molecule has 1 heterocycles. The highest BCUT2D eigenvalue weighted by Gasteiger charge is 2.21. The van der Waals surface area contributed by atoms with E-state index in [-0.39, 0.29) is 22.3 Å². The number of aromatic nitrogens is 3. The topological polar surface area (TPSA) is 103 Å². The van der Waals surface area contributed by atoms with E-state index in [1.807, 2.05) is 19.9 Å². The minimum absolute atomic E-state index is 0.0981. The standard InChI is InChI=1S/C21H24N4O4S2/c1-4-25-19(14-31(27,28)16-11-9-15(2)10-12-16)23-24-21(25)30-13-20(26)22-17-7-5-6-8-18(17)29-3/h5-12H,4,13-14H2,1-3H3,(H,22,26). The summed E-state index contributed by atoms with van der Waals surface area (Å²) in [6.07, 6.45) is 0. The molecule has 8 nitrogen and oxygen atoms in total. The quantitative estimate of drug-likeness (QED) is 0.489. The summed E-state index contributed by atoms with van der Waals surface area (Å²) in [5.74, 6) is 0.525. The number of carbonyl (C=O) groups is 1. The van der Waals surface area contributed by atoms with E-state index in [0.29, 0.717) is 29.0 Å². The number of carbonyl (C=O) groups excluding carboxylic acids is 1. The molecule has 0 unspecified atom stereocenters. The van der Waals surface area contributed by atoms with Crippen LogP contribution in [0.1, 0.15) is 18.3 Å². The van der Waals surface area contributed by atoms with Crippen LogP contribution in [0.3, 0.4) is 0 Å². The summed E-state index contributed by atoms with van der Waals surface area (Å²) in [5, 5.41) is 11.5. The number of thioether (sulfide) groups is 1. The maximum atomic E-state index is 12.8. The van der Waals surface area contributed by atoms with Crippen LogP contribution >= 0.6 is 11.8 Å². The van der Waals surface area contributed by atoms with E-state index in [9.17, 15) is 13.2 Å². The molecule has 10 heteroatoms. The number of amides is 1. The van der Waals surface area contributed by atoms with Gasteiger partial charge in [0.15, 0.2) is 15.0 Å². The number of aryl methyl sites for hydroxylation is 1. The summed E-state index contributed by atoms with van der Waals surface area (Å²) < 4.78 is 32.5. The first-order chi connectivity index (χ1) is 14.8. The summed E-state index contributed by atoms with van der Waals surface area (Å²) in [7, 11) is -2.02. The van der Waals surface area contributed by atoms with E-state index in [1.54, 1.807) is 47.0 Å². The number of hydrogen-bond acceptors (Lipinski definition) is 7. The van der Waals surface area contributed by atoms with Gasteiger partial charge in [0.05, 0.1) is 23.4 Å². The normalized spacial score (nSPS) is 11.3. The zero-order chi connectivity index (χ0) is 22.4. The second kappa shape index (κ2) is 9.97. The number of hydrogen-bond donors (Lipinski definition) is 1. The average molecular weight is 461 g/mol. The molecule has 0 radical (unpaired) electrons. The van der Waals surface area contributed by atoms with E-state index in [0.717, 1.165) is 5.56 Å². The first-order valence-electron chi connectivity index (χ1n) is 9.61. The van der Waals surface area contributed by atoms with Gasteiger partial charge in [0.25, 0.3) is 0 Å². The van der Waals surface area contributed by atoms with Gasteiger partial charge in [-0.3, -0.25) is 4.79 Å². The van der Waals surface area contributed by atoms with Gasteiger partial charge in [0.2, 0.25) is 5.91 Å². The van der Waals surface area contributed by atoms with Crippen LogP contribution in [-0.4, -0.2) is 42.0 Å². The largest absolute Gasteiger partial charge is 0.495 e. The third kappa shape index (κ3) is 5.65. The van der Waals surface area contributed by atoms with Crippen molar-refractivity contribution in [1.29, 1.82) is 0 Å². The molecule has 31 heavy (non-hydrogen) atoms. The minimum atomic E-state index is -3.55. The minimum Gasteiger partial charge on any atom is -0.495 e. The van der Waals surface area contributed by atoms with Crippen molar-refractivity contribution in [3.63, 3.8) is 0 Å². The zero-order valence-electron chi connectivity index (χ0n) is 17.5. The monoisotopic (exact) mass is 460 g/mol. The Morgan fingerprint density at radius 3 is 2.52 bits per heavy atom. The summed E-state index contributed by atoms with van der Waals surface area (Å²) in [4.78, 5) is 12.6. The smallest absolute Gasteiger partial charge is 0.234 e. The van der Waals surface area contributed by atoms with Crippen LogP contribution in [0.25, 0.3) is 0 Å². The number of benzene rings is 2. The molecule has 1 aromatic heterocycles. The Bertz CT molecular complexity index is 1160. The van der Waals surface area contributed by atoms with Gasteiger partial charge in [-0.2, -0.15) is 0 Å². The molecule has 164 valence electrons.